The Morgan fingerprint density at radius 2 is 1.83 bits per heavy atom. The molecule has 2 heterocycles. The highest BCUT2D eigenvalue weighted by Gasteiger charge is 2.40. The molecule has 0 saturated heterocycles. The van der Waals surface area contributed by atoms with Crippen LogP contribution in [0.2, 0.25) is 5.02 Å². The predicted molar refractivity (Wildman–Crippen MR) is 93.3 cm³/mol. The number of aromatic amines is 1. The van der Waals surface area contributed by atoms with Crippen molar-refractivity contribution in [2.24, 2.45) is 0 Å². The molecule has 3 aromatic rings. The molecule has 1 N–H and O–H groups in total. The van der Waals surface area contributed by atoms with Crippen LogP contribution in [0.1, 0.15) is 18.2 Å². The summed E-state index contributed by atoms with van der Waals surface area (Å²) in [6, 6.07) is 3.42. The Balaban J connectivity index is 2.10. The molecule has 0 amide bonds. The molecule has 13 heteroatoms. The number of ether oxygens (including phenoxy) is 1. The Kier molecular flexibility index (Phi) is 5.54. The molecule has 160 valence electrons. The average molecular weight is 453 g/mol. The third-order valence-corrected chi connectivity index (χ3v) is 4.15. The van der Waals surface area contributed by atoms with Gasteiger partial charge in [0.15, 0.2) is 11.5 Å². The average Bonchev–Trinajstić information content (AvgIpc) is 3.12. The second-order valence-electron chi connectivity index (χ2n) is 5.89. The molecule has 0 radical (unpaired) electrons. The van der Waals surface area contributed by atoms with E-state index < -0.39 is 51.5 Å². The number of rotatable bonds is 4. The van der Waals surface area contributed by atoms with Crippen LogP contribution in [0.25, 0.3) is 11.5 Å². The van der Waals surface area contributed by atoms with Gasteiger partial charge < -0.3 is 9.72 Å². The molecule has 6 nitrogen and oxygen atoms in total. The predicted octanol–water partition coefficient (Wildman–Crippen LogP) is 5.14. The fourth-order valence-corrected chi connectivity index (χ4v) is 2.66. The number of alkyl halides is 6. The number of aryl methyl sites for hydroxylation is 1. The smallest absolute Gasteiger partial charge is 0.437 e. The molecule has 0 spiro atoms. The van der Waals surface area contributed by atoms with E-state index in [1.54, 1.807) is 6.92 Å². The molecule has 0 unspecified atom stereocenters. The first-order valence-corrected chi connectivity index (χ1v) is 8.58. The molecule has 30 heavy (non-hydrogen) atoms. The molecule has 0 aliphatic rings. The number of aromatic nitrogens is 4. The van der Waals surface area contributed by atoms with Gasteiger partial charge in [0.2, 0.25) is 5.75 Å². The molecule has 0 bridgehead atoms. The van der Waals surface area contributed by atoms with E-state index in [2.05, 4.69) is 15.1 Å². The van der Waals surface area contributed by atoms with Crippen LogP contribution in [0, 0.1) is 0 Å². The summed E-state index contributed by atoms with van der Waals surface area (Å²) in [4.78, 5) is 17.8. The van der Waals surface area contributed by atoms with E-state index in [4.69, 9.17) is 16.3 Å². The van der Waals surface area contributed by atoms with E-state index in [0.29, 0.717) is 12.6 Å². The van der Waals surface area contributed by atoms with Gasteiger partial charge in [-0.15, -0.1) is 0 Å². The number of H-pyrrole nitrogens is 1. The highest BCUT2D eigenvalue weighted by atomic mass is 35.5. The van der Waals surface area contributed by atoms with Crippen LogP contribution in [0.5, 0.6) is 11.5 Å². The topological polar surface area (TPSA) is 72.8 Å². The van der Waals surface area contributed by atoms with Gasteiger partial charge in [0.25, 0.3) is 5.56 Å². The Bertz CT molecular complexity index is 1140. The van der Waals surface area contributed by atoms with Gasteiger partial charge in [0.1, 0.15) is 11.4 Å². The van der Waals surface area contributed by atoms with Crippen molar-refractivity contribution in [2.45, 2.75) is 25.8 Å². The third-order valence-electron chi connectivity index (χ3n) is 3.82. The summed E-state index contributed by atoms with van der Waals surface area (Å²) in [5.74, 6) is -2.46. The van der Waals surface area contributed by atoms with Crippen molar-refractivity contribution >= 4 is 11.6 Å². The quantitative estimate of drug-likeness (QED) is 0.557. The summed E-state index contributed by atoms with van der Waals surface area (Å²) in [6.45, 7) is 2.17. The molecular formula is C17H11ClF6N4O2. The largest absolute Gasteiger partial charge is 0.449 e. The zero-order valence-electron chi connectivity index (χ0n) is 14.9. The van der Waals surface area contributed by atoms with Crippen LogP contribution in [-0.4, -0.2) is 19.7 Å². The highest BCUT2D eigenvalue weighted by molar-refractivity contribution is 6.31. The standard InChI is InChI=1S/C17H11ClF6N4O2/c1-2-28-6-5-11(27-28)14-25-13(17(22,23)24)12(15(29)26-14)30-8-3-4-10(18)9(7-8)16(19,20)21/h3-7H,2H2,1H3,(H,25,26,29). The summed E-state index contributed by atoms with van der Waals surface area (Å²) in [5, 5.41) is 3.28. The molecule has 1 aromatic carbocycles. The summed E-state index contributed by atoms with van der Waals surface area (Å²) < 4.78 is 85.7. The lowest BCUT2D eigenvalue weighted by Gasteiger charge is -2.14. The maximum atomic E-state index is 13.5. The first kappa shape index (κ1) is 21.7. The SMILES string of the molecule is CCn1ccc(-c2nc(C(F)(F)F)c(Oc3ccc(Cl)c(C(F)(F)F)c3)c(=O)[nH]2)n1. The van der Waals surface area contributed by atoms with E-state index in [1.807, 2.05) is 0 Å². The van der Waals surface area contributed by atoms with Gasteiger partial charge in [-0.2, -0.15) is 31.4 Å². The number of nitrogens with one attached hydrogen (secondary N) is 1. The minimum Gasteiger partial charge on any atom is -0.449 e. The molecule has 0 fully saturated rings. The molecule has 2 aromatic heterocycles. The minimum atomic E-state index is -5.13. The lowest BCUT2D eigenvalue weighted by atomic mass is 10.2. The first-order valence-electron chi connectivity index (χ1n) is 8.20. The van der Waals surface area contributed by atoms with Crippen molar-refractivity contribution in [3.8, 4) is 23.0 Å². The second kappa shape index (κ2) is 7.67. The van der Waals surface area contributed by atoms with Gasteiger partial charge in [-0.25, -0.2) is 4.98 Å². The van der Waals surface area contributed by atoms with Crippen LogP contribution in [0.15, 0.2) is 35.3 Å². The maximum Gasteiger partial charge on any atom is 0.437 e. The van der Waals surface area contributed by atoms with Gasteiger partial charge in [-0.1, -0.05) is 11.6 Å². The summed E-state index contributed by atoms with van der Waals surface area (Å²) in [6.07, 6.45) is -8.54. The Morgan fingerprint density at radius 3 is 2.40 bits per heavy atom. The minimum absolute atomic E-state index is 0.0307. The van der Waals surface area contributed by atoms with Crippen molar-refractivity contribution in [3.63, 3.8) is 0 Å². The van der Waals surface area contributed by atoms with Gasteiger partial charge >= 0.3 is 12.4 Å². The zero-order valence-corrected chi connectivity index (χ0v) is 15.7. The van der Waals surface area contributed by atoms with E-state index in [1.165, 1.54) is 16.9 Å². The molecule has 3 rings (SSSR count). The third kappa shape index (κ3) is 4.42. The van der Waals surface area contributed by atoms with Crippen molar-refractivity contribution in [1.82, 2.24) is 19.7 Å². The van der Waals surface area contributed by atoms with E-state index >= 15 is 0 Å². The number of nitrogens with zero attached hydrogens (tertiary/aromatic N) is 3. The Hall–Kier alpha value is -3.02. The van der Waals surface area contributed by atoms with E-state index in [9.17, 15) is 31.1 Å². The normalized spacial score (nSPS) is 12.3. The number of hydrogen-bond donors (Lipinski definition) is 1. The van der Waals surface area contributed by atoms with Gasteiger partial charge in [-0.3, -0.25) is 9.48 Å². The molecule has 0 saturated carbocycles. The van der Waals surface area contributed by atoms with Crippen LogP contribution < -0.4 is 10.3 Å². The summed E-state index contributed by atoms with van der Waals surface area (Å²) >= 11 is 5.48. The van der Waals surface area contributed by atoms with Crippen LogP contribution in [-0.2, 0) is 18.9 Å². The van der Waals surface area contributed by atoms with Crippen LogP contribution in [0.4, 0.5) is 26.3 Å². The lowest BCUT2D eigenvalue weighted by molar-refractivity contribution is -0.142. The Morgan fingerprint density at radius 1 is 1.13 bits per heavy atom. The first-order chi connectivity index (χ1) is 13.9. The number of halogens is 7. The van der Waals surface area contributed by atoms with Gasteiger partial charge in [0.05, 0.1) is 10.6 Å². The second-order valence-corrected chi connectivity index (χ2v) is 6.30. The van der Waals surface area contributed by atoms with Gasteiger partial charge in [0, 0.05) is 12.7 Å². The monoisotopic (exact) mass is 452 g/mol. The maximum absolute atomic E-state index is 13.5. The molecule has 0 aliphatic carbocycles. The van der Waals surface area contributed by atoms with Crippen molar-refractivity contribution in [3.05, 3.63) is 57.1 Å². The number of hydrogen-bond acceptors (Lipinski definition) is 4. The highest BCUT2D eigenvalue weighted by Crippen LogP contribution is 2.39. The van der Waals surface area contributed by atoms with Crippen LogP contribution in [0.3, 0.4) is 0 Å². The van der Waals surface area contributed by atoms with Crippen molar-refractivity contribution in [1.29, 1.82) is 0 Å². The summed E-state index contributed by atoms with van der Waals surface area (Å²) in [5.41, 5.74) is -4.42. The number of benzene rings is 1. The van der Waals surface area contributed by atoms with Crippen LogP contribution >= 0.6 is 11.6 Å². The Labute approximate surface area is 169 Å². The van der Waals surface area contributed by atoms with Gasteiger partial charge in [-0.05, 0) is 31.2 Å². The molecular weight excluding hydrogens is 442 g/mol. The van der Waals surface area contributed by atoms with E-state index in [-0.39, 0.29) is 5.69 Å². The van der Waals surface area contributed by atoms with Crippen molar-refractivity contribution < 1.29 is 31.1 Å². The molecule has 0 atom stereocenters. The lowest BCUT2D eigenvalue weighted by Crippen LogP contribution is -2.21. The van der Waals surface area contributed by atoms with Crippen molar-refractivity contribution in [2.75, 3.05) is 0 Å². The summed E-state index contributed by atoms with van der Waals surface area (Å²) in [7, 11) is 0. The fraction of sp³-hybridized carbons (Fsp3) is 0.235. The van der Waals surface area contributed by atoms with E-state index in [0.717, 1.165) is 12.1 Å². The fourth-order valence-electron chi connectivity index (χ4n) is 2.44. The molecule has 0 aliphatic heterocycles. The zero-order chi connectivity index (χ0) is 22.3.